The molecule has 182 valence electrons. The number of piperazine rings is 1. The number of nitrogens with one attached hydrogen (secondary N) is 1. The van der Waals surface area contributed by atoms with Crippen LogP contribution in [0.25, 0.3) is 11.3 Å². The number of benzene rings is 3. The number of carbonyl (C=O) groups is 1. The van der Waals surface area contributed by atoms with Crippen LogP contribution >= 0.6 is 11.8 Å². The molecule has 5 rings (SSSR count). The lowest BCUT2D eigenvalue weighted by atomic mass is 9.96. The second-order valence-corrected chi connectivity index (χ2v) is 9.70. The van der Waals surface area contributed by atoms with Crippen LogP contribution in [0.3, 0.4) is 0 Å². The van der Waals surface area contributed by atoms with Gasteiger partial charge in [0.25, 0.3) is 5.56 Å². The van der Waals surface area contributed by atoms with E-state index in [4.69, 9.17) is 0 Å². The number of carbonyl (C=O) groups excluding carboxylic acids is 1. The first-order chi connectivity index (χ1) is 17.7. The number of hydrogen-bond donors (Lipinski definition) is 1. The maximum atomic E-state index is 13.0. The van der Waals surface area contributed by atoms with Gasteiger partial charge < -0.3 is 9.88 Å². The van der Waals surface area contributed by atoms with Crippen LogP contribution in [0.15, 0.2) is 107 Å². The highest BCUT2D eigenvalue weighted by Gasteiger charge is 2.28. The van der Waals surface area contributed by atoms with E-state index in [1.165, 1.54) is 29.0 Å². The largest absolute Gasteiger partial charge is 0.339 e. The highest BCUT2D eigenvalue weighted by Crippen LogP contribution is 2.29. The van der Waals surface area contributed by atoms with Crippen molar-refractivity contribution in [3.05, 3.63) is 119 Å². The molecule has 7 heteroatoms. The summed E-state index contributed by atoms with van der Waals surface area (Å²) in [6, 6.07) is 32.3. The molecule has 1 N–H and O–H groups in total. The third-order valence-corrected chi connectivity index (χ3v) is 7.24. The molecule has 0 atom stereocenters. The molecule has 1 aliphatic rings. The van der Waals surface area contributed by atoms with Crippen molar-refractivity contribution >= 4 is 17.7 Å². The van der Waals surface area contributed by atoms with E-state index in [1.54, 1.807) is 0 Å². The number of H-pyrrole nitrogens is 1. The monoisotopic (exact) mass is 496 g/mol. The molecule has 2 heterocycles. The lowest BCUT2D eigenvalue weighted by Crippen LogP contribution is -2.50. The molecule has 36 heavy (non-hydrogen) atoms. The zero-order valence-corrected chi connectivity index (χ0v) is 20.7. The summed E-state index contributed by atoms with van der Waals surface area (Å²) in [6.45, 7) is 2.93. The first kappa shape index (κ1) is 24.0. The predicted molar refractivity (Wildman–Crippen MR) is 144 cm³/mol. The van der Waals surface area contributed by atoms with E-state index in [9.17, 15) is 9.59 Å². The molecular weight excluding hydrogens is 468 g/mol. The van der Waals surface area contributed by atoms with E-state index in [-0.39, 0.29) is 23.3 Å². The molecule has 4 aromatic rings. The summed E-state index contributed by atoms with van der Waals surface area (Å²) < 4.78 is 0. The average Bonchev–Trinajstić information content (AvgIpc) is 2.94. The summed E-state index contributed by atoms with van der Waals surface area (Å²) in [4.78, 5) is 36.8. The van der Waals surface area contributed by atoms with Crippen LogP contribution in [-0.4, -0.2) is 57.6 Å². The maximum absolute atomic E-state index is 13.0. The van der Waals surface area contributed by atoms with Gasteiger partial charge in [0.05, 0.1) is 17.5 Å². The van der Waals surface area contributed by atoms with Gasteiger partial charge in [0, 0.05) is 37.8 Å². The van der Waals surface area contributed by atoms with E-state index >= 15 is 0 Å². The first-order valence-electron chi connectivity index (χ1n) is 12.1. The number of thioether (sulfide) groups is 1. The van der Waals surface area contributed by atoms with Crippen molar-refractivity contribution < 1.29 is 4.79 Å². The molecule has 0 radical (unpaired) electrons. The lowest BCUT2D eigenvalue weighted by Gasteiger charge is -2.39. The van der Waals surface area contributed by atoms with Crippen LogP contribution in [-0.2, 0) is 4.79 Å². The summed E-state index contributed by atoms with van der Waals surface area (Å²) in [6.07, 6.45) is 0. The zero-order chi connectivity index (χ0) is 24.7. The fraction of sp³-hybridized carbons (Fsp3) is 0.207. The van der Waals surface area contributed by atoms with Crippen molar-refractivity contribution in [1.29, 1.82) is 0 Å². The summed E-state index contributed by atoms with van der Waals surface area (Å²) in [7, 11) is 0. The number of aromatic amines is 1. The van der Waals surface area contributed by atoms with E-state index < -0.39 is 0 Å². The molecule has 0 spiro atoms. The standard InChI is InChI=1S/C29H28N4O2S/c34-26-20-25(22-10-4-1-5-11-22)30-29(31-26)36-21-27(35)32-16-18-33(19-17-32)28(23-12-6-2-7-13-23)24-14-8-3-9-15-24/h1-15,20,28H,16-19,21H2,(H,30,31,34). The van der Waals surface area contributed by atoms with Gasteiger partial charge in [-0.2, -0.15) is 0 Å². The summed E-state index contributed by atoms with van der Waals surface area (Å²) >= 11 is 1.27. The molecule has 1 aromatic heterocycles. The van der Waals surface area contributed by atoms with Crippen molar-refractivity contribution in [1.82, 2.24) is 19.8 Å². The predicted octanol–water partition coefficient (Wildman–Crippen LogP) is 4.46. The van der Waals surface area contributed by atoms with Gasteiger partial charge in [0.2, 0.25) is 5.91 Å². The normalized spacial score (nSPS) is 14.2. The molecule has 3 aromatic carbocycles. The second kappa shape index (κ2) is 11.4. The number of aromatic nitrogens is 2. The highest BCUT2D eigenvalue weighted by molar-refractivity contribution is 7.99. The molecule has 0 bridgehead atoms. The van der Waals surface area contributed by atoms with Gasteiger partial charge >= 0.3 is 0 Å². The second-order valence-electron chi connectivity index (χ2n) is 8.73. The van der Waals surface area contributed by atoms with Crippen molar-refractivity contribution in [2.75, 3.05) is 31.9 Å². The Bertz CT molecular complexity index is 1300. The number of hydrogen-bond acceptors (Lipinski definition) is 5. The third-order valence-electron chi connectivity index (χ3n) is 6.38. The Hall–Kier alpha value is -3.68. The van der Waals surface area contributed by atoms with Crippen molar-refractivity contribution in [3.63, 3.8) is 0 Å². The summed E-state index contributed by atoms with van der Waals surface area (Å²) in [5.41, 5.74) is 3.77. The Balaban J connectivity index is 1.22. The Morgan fingerprint density at radius 2 is 1.39 bits per heavy atom. The van der Waals surface area contributed by atoms with Crippen molar-refractivity contribution in [2.45, 2.75) is 11.2 Å². The average molecular weight is 497 g/mol. The van der Waals surface area contributed by atoms with E-state index in [0.717, 1.165) is 18.7 Å². The highest BCUT2D eigenvalue weighted by atomic mass is 32.2. The SMILES string of the molecule is O=C(CSc1nc(-c2ccccc2)cc(=O)[nH]1)N1CCN(C(c2ccccc2)c2ccccc2)CC1. The molecule has 1 amide bonds. The minimum absolute atomic E-state index is 0.0587. The Morgan fingerprint density at radius 1 is 0.833 bits per heavy atom. The fourth-order valence-corrected chi connectivity index (χ4v) is 5.37. The summed E-state index contributed by atoms with van der Waals surface area (Å²) in [5.74, 6) is 0.297. The number of nitrogens with zero attached hydrogens (tertiary/aromatic N) is 3. The molecule has 0 saturated carbocycles. The van der Waals surface area contributed by atoms with Gasteiger partial charge in [-0.25, -0.2) is 4.98 Å². The minimum Gasteiger partial charge on any atom is -0.339 e. The minimum atomic E-state index is -0.222. The third kappa shape index (κ3) is 5.75. The molecule has 1 saturated heterocycles. The van der Waals surface area contributed by atoms with Gasteiger partial charge in [-0.3, -0.25) is 14.5 Å². The first-order valence-corrected chi connectivity index (χ1v) is 13.1. The van der Waals surface area contributed by atoms with Gasteiger partial charge in [-0.05, 0) is 11.1 Å². The molecular formula is C29H28N4O2S. The van der Waals surface area contributed by atoms with Crippen LogP contribution in [0.2, 0.25) is 0 Å². The van der Waals surface area contributed by atoms with E-state index in [0.29, 0.717) is 23.9 Å². The Labute approximate surface area is 215 Å². The van der Waals surface area contributed by atoms with Gasteiger partial charge in [0.15, 0.2) is 5.16 Å². The quantitative estimate of drug-likeness (QED) is 0.302. The number of amides is 1. The molecule has 1 aliphatic heterocycles. The Morgan fingerprint density at radius 3 is 1.97 bits per heavy atom. The van der Waals surface area contributed by atoms with E-state index in [1.807, 2.05) is 47.4 Å². The van der Waals surface area contributed by atoms with Gasteiger partial charge in [0.1, 0.15) is 0 Å². The number of rotatable bonds is 7. The smallest absolute Gasteiger partial charge is 0.252 e. The van der Waals surface area contributed by atoms with Crippen LogP contribution in [0.5, 0.6) is 0 Å². The fourth-order valence-electron chi connectivity index (χ4n) is 4.60. The van der Waals surface area contributed by atoms with Crippen LogP contribution in [0.4, 0.5) is 0 Å². The van der Waals surface area contributed by atoms with Gasteiger partial charge in [-0.1, -0.05) is 103 Å². The maximum Gasteiger partial charge on any atom is 0.252 e. The van der Waals surface area contributed by atoms with Crippen molar-refractivity contribution in [2.24, 2.45) is 0 Å². The van der Waals surface area contributed by atoms with E-state index in [2.05, 4.69) is 63.4 Å². The van der Waals surface area contributed by atoms with Crippen molar-refractivity contribution in [3.8, 4) is 11.3 Å². The molecule has 0 aliphatic carbocycles. The molecule has 1 fully saturated rings. The molecule has 6 nitrogen and oxygen atoms in total. The zero-order valence-electron chi connectivity index (χ0n) is 19.9. The van der Waals surface area contributed by atoms with Gasteiger partial charge in [-0.15, -0.1) is 0 Å². The lowest BCUT2D eigenvalue weighted by molar-refractivity contribution is -0.130. The Kier molecular flexibility index (Phi) is 7.59. The topological polar surface area (TPSA) is 69.3 Å². The van der Waals surface area contributed by atoms with Crippen LogP contribution in [0.1, 0.15) is 17.2 Å². The molecule has 0 unspecified atom stereocenters. The van der Waals surface area contributed by atoms with Crippen LogP contribution in [0, 0.1) is 0 Å². The van der Waals surface area contributed by atoms with Crippen LogP contribution < -0.4 is 5.56 Å². The summed E-state index contributed by atoms with van der Waals surface area (Å²) in [5, 5.41) is 0.460.